The van der Waals surface area contributed by atoms with E-state index in [2.05, 4.69) is 12.2 Å². The molecular weight excluding hydrogens is 578 g/mol. The van der Waals surface area contributed by atoms with Crippen LogP contribution < -0.4 is 15.5 Å². The van der Waals surface area contributed by atoms with Crippen molar-refractivity contribution < 1.29 is 39.1 Å². The van der Waals surface area contributed by atoms with Crippen molar-refractivity contribution in [2.75, 3.05) is 26.4 Å². The first-order chi connectivity index (χ1) is 21.8. The molecule has 0 bridgehead atoms. The number of ether oxygens (including phenoxy) is 2. The monoisotopic (exact) mass is 627 g/mol. The number of nitrogens with one attached hydrogen (secondary N) is 1. The molecule has 45 heavy (non-hydrogen) atoms. The van der Waals surface area contributed by atoms with Crippen LogP contribution in [0.15, 0.2) is 39.5 Å². The highest BCUT2D eigenvalue weighted by molar-refractivity contribution is 5.88. The largest absolute Gasteiger partial charge is 0.508 e. The van der Waals surface area contributed by atoms with Crippen LogP contribution in [-0.4, -0.2) is 52.7 Å². The van der Waals surface area contributed by atoms with Gasteiger partial charge in [-0.15, -0.1) is 0 Å². The molecule has 0 spiro atoms. The third-order valence-electron chi connectivity index (χ3n) is 7.71. The van der Waals surface area contributed by atoms with Crippen molar-refractivity contribution in [1.29, 1.82) is 0 Å². The van der Waals surface area contributed by atoms with Gasteiger partial charge in [0.1, 0.15) is 29.1 Å². The smallest absolute Gasteiger partial charge is 0.239 e. The van der Waals surface area contributed by atoms with E-state index in [1.807, 2.05) is 0 Å². The molecule has 0 aliphatic rings. The third-order valence-corrected chi connectivity index (χ3v) is 7.71. The Morgan fingerprint density at radius 1 is 0.756 bits per heavy atom. The van der Waals surface area contributed by atoms with E-state index in [0.717, 1.165) is 18.9 Å². The highest BCUT2D eigenvalue weighted by Crippen LogP contribution is 2.38. The molecule has 1 amide bonds. The number of hydrogen-bond donors (Lipinski definition) is 5. The van der Waals surface area contributed by atoms with E-state index in [-0.39, 0.29) is 65.3 Å². The van der Waals surface area contributed by atoms with Gasteiger partial charge >= 0.3 is 0 Å². The molecule has 0 radical (unpaired) electrons. The Morgan fingerprint density at radius 2 is 1.40 bits per heavy atom. The summed E-state index contributed by atoms with van der Waals surface area (Å²) < 4.78 is 17.1. The molecule has 3 aromatic rings. The van der Waals surface area contributed by atoms with Crippen LogP contribution in [0.5, 0.6) is 28.7 Å². The van der Waals surface area contributed by atoms with Gasteiger partial charge in [0.15, 0.2) is 17.3 Å². The third kappa shape index (κ3) is 11.8. The molecule has 0 saturated heterocycles. The average Bonchev–Trinajstić information content (AvgIpc) is 3.00. The maximum absolute atomic E-state index is 13.3. The SMILES string of the molecule is CCCCCCCCCCCCCCCC(=O)NCCOCCOc1c(-c2ccc(O)c(O)c2)oc2cc(O)cc(O)c2c1=O. The lowest BCUT2D eigenvalue weighted by molar-refractivity contribution is -0.121. The van der Waals surface area contributed by atoms with E-state index < -0.39 is 16.9 Å². The van der Waals surface area contributed by atoms with Gasteiger partial charge in [0.25, 0.3) is 0 Å². The summed E-state index contributed by atoms with van der Waals surface area (Å²) in [5.41, 5.74) is -0.538. The number of benzene rings is 2. The number of phenolic OH excluding ortho intramolecular Hbond substituents is 4. The second-order valence-electron chi connectivity index (χ2n) is 11.4. The van der Waals surface area contributed by atoms with Gasteiger partial charge < -0.3 is 39.6 Å². The zero-order valence-corrected chi connectivity index (χ0v) is 26.4. The first kappa shape index (κ1) is 35.6. The van der Waals surface area contributed by atoms with Gasteiger partial charge in [0.05, 0.1) is 13.2 Å². The number of unbranched alkanes of at least 4 members (excludes halogenated alkanes) is 12. The lowest BCUT2D eigenvalue weighted by Crippen LogP contribution is -2.27. The molecule has 0 fully saturated rings. The first-order valence-corrected chi connectivity index (χ1v) is 16.3. The minimum atomic E-state index is -0.684. The molecule has 0 unspecified atom stereocenters. The number of fused-ring (bicyclic) bond motifs is 1. The Labute approximate surface area is 265 Å². The molecule has 1 aromatic heterocycles. The Balaban J connectivity index is 1.34. The average molecular weight is 628 g/mol. The van der Waals surface area contributed by atoms with Crippen molar-refractivity contribution in [3.63, 3.8) is 0 Å². The number of amides is 1. The number of rotatable bonds is 22. The van der Waals surface area contributed by atoms with Gasteiger partial charge in [-0.2, -0.15) is 0 Å². The van der Waals surface area contributed by atoms with Crippen LogP contribution in [-0.2, 0) is 9.53 Å². The van der Waals surface area contributed by atoms with Gasteiger partial charge in [-0.25, -0.2) is 0 Å². The zero-order valence-electron chi connectivity index (χ0n) is 26.4. The maximum Gasteiger partial charge on any atom is 0.239 e. The summed E-state index contributed by atoms with van der Waals surface area (Å²) in [6, 6.07) is 6.05. The van der Waals surface area contributed by atoms with Gasteiger partial charge in [0, 0.05) is 30.7 Å². The minimum Gasteiger partial charge on any atom is -0.508 e. The number of aromatic hydroxyl groups is 4. The van der Waals surface area contributed by atoms with Gasteiger partial charge in [-0.1, -0.05) is 84.0 Å². The Morgan fingerprint density at radius 3 is 2.04 bits per heavy atom. The van der Waals surface area contributed by atoms with Crippen molar-refractivity contribution in [2.24, 2.45) is 0 Å². The standard InChI is InChI=1S/C35H49NO9/c1-2-3-4-5-6-7-8-9-10-11-12-13-14-15-31(41)36-18-19-43-20-21-44-35-33(42)32-29(40)23-26(37)24-30(32)45-34(35)25-16-17-27(38)28(39)22-25/h16-17,22-24,37-40H,2-15,18-21H2,1H3,(H,36,41). The zero-order chi connectivity index (χ0) is 32.4. The second kappa shape index (κ2) is 19.5. The summed E-state index contributed by atoms with van der Waals surface area (Å²) in [4.78, 5) is 25.4. The molecule has 5 N–H and O–H groups in total. The van der Waals surface area contributed by atoms with Crippen molar-refractivity contribution in [2.45, 2.75) is 96.8 Å². The number of hydrogen-bond acceptors (Lipinski definition) is 9. The first-order valence-electron chi connectivity index (χ1n) is 16.3. The topological polar surface area (TPSA) is 159 Å². The molecule has 1 heterocycles. The predicted molar refractivity (Wildman–Crippen MR) is 174 cm³/mol. The van der Waals surface area contributed by atoms with Crippen molar-refractivity contribution in [1.82, 2.24) is 5.32 Å². The molecule has 0 aliphatic heterocycles. The van der Waals surface area contributed by atoms with Crippen LogP contribution in [0, 0.1) is 0 Å². The predicted octanol–water partition coefficient (Wildman–Crippen LogP) is 7.28. The van der Waals surface area contributed by atoms with Crippen molar-refractivity contribution in [3.8, 4) is 40.1 Å². The summed E-state index contributed by atoms with van der Waals surface area (Å²) in [5.74, 6) is -1.87. The minimum absolute atomic E-state index is 0.000619. The summed E-state index contributed by atoms with van der Waals surface area (Å²) in [7, 11) is 0. The molecule has 2 aromatic carbocycles. The van der Waals surface area contributed by atoms with Crippen LogP contribution >= 0.6 is 0 Å². The summed E-state index contributed by atoms with van der Waals surface area (Å²) in [5, 5.41) is 42.4. The fourth-order valence-electron chi connectivity index (χ4n) is 5.21. The van der Waals surface area contributed by atoms with Gasteiger partial charge in [-0.05, 0) is 24.6 Å². The highest BCUT2D eigenvalue weighted by atomic mass is 16.5. The Bertz CT molecular complexity index is 1400. The van der Waals surface area contributed by atoms with E-state index in [9.17, 15) is 30.0 Å². The van der Waals surface area contributed by atoms with E-state index in [1.165, 1.54) is 94.9 Å². The fraction of sp³-hybridized carbons (Fsp3) is 0.543. The van der Waals surface area contributed by atoms with Crippen molar-refractivity contribution in [3.05, 3.63) is 40.6 Å². The van der Waals surface area contributed by atoms with Gasteiger partial charge in [-0.3, -0.25) is 9.59 Å². The van der Waals surface area contributed by atoms with Crippen LogP contribution in [0.25, 0.3) is 22.3 Å². The van der Waals surface area contributed by atoms with Crippen LogP contribution in [0.2, 0.25) is 0 Å². The van der Waals surface area contributed by atoms with E-state index in [4.69, 9.17) is 13.9 Å². The second-order valence-corrected chi connectivity index (χ2v) is 11.4. The van der Waals surface area contributed by atoms with Gasteiger partial charge in [0.2, 0.25) is 17.1 Å². The molecule has 0 atom stereocenters. The molecule has 0 aliphatic carbocycles. The van der Waals surface area contributed by atoms with Crippen molar-refractivity contribution >= 4 is 16.9 Å². The molecule has 248 valence electrons. The quantitative estimate of drug-likeness (QED) is 0.0570. The lowest BCUT2D eigenvalue weighted by atomic mass is 10.0. The number of carbonyl (C=O) groups excluding carboxylic acids is 1. The summed E-state index contributed by atoms with van der Waals surface area (Å²) in [6.07, 6.45) is 16.9. The van der Waals surface area contributed by atoms with E-state index in [1.54, 1.807) is 0 Å². The highest BCUT2D eigenvalue weighted by Gasteiger charge is 2.21. The molecule has 0 saturated carbocycles. The lowest BCUT2D eigenvalue weighted by Gasteiger charge is -2.13. The Kier molecular flexibility index (Phi) is 15.4. The normalized spacial score (nSPS) is 11.2. The molecular formula is C35H49NO9. The number of carbonyl (C=O) groups is 1. The van der Waals surface area contributed by atoms with Crippen LogP contribution in [0.3, 0.4) is 0 Å². The fourth-order valence-corrected chi connectivity index (χ4v) is 5.21. The maximum atomic E-state index is 13.3. The van der Waals surface area contributed by atoms with E-state index in [0.29, 0.717) is 13.0 Å². The molecule has 10 heteroatoms. The summed E-state index contributed by atoms with van der Waals surface area (Å²) >= 11 is 0. The van der Waals surface area contributed by atoms with E-state index >= 15 is 0 Å². The van der Waals surface area contributed by atoms with Crippen LogP contribution in [0.1, 0.15) is 96.8 Å². The molecule has 3 rings (SSSR count). The summed E-state index contributed by atoms with van der Waals surface area (Å²) in [6.45, 7) is 2.92. The number of phenols is 4. The van der Waals surface area contributed by atoms with Crippen LogP contribution in [0.4, 0.5) is 0 Å². The molecule has 10 nitrogen and oxygen atoms in total. The Hall–Kier alpha value is -3.92.